The summed E-state index contributed by atoms with van der Waals surface area (Å²) >= 11 is 6.19. The lowest BCUT2D eigenvalue weighted by atomic mass is 10.1. The van der Waals surface area contributed by atoms with Crippen LogP contribution in [-0.4, -0.2) is 30.1 Å². The Kier molecular flexibility index (Phi) is 5.82. The van der Waals surface area contributed by atoms with Gasteiger partial charge in [-0.3, -0.25) is 4.90 Å². The van der Waals surface area contributed by atoms with Crippen molar-refractivity contribution in [3.05, 3.63) is 34.6 Å². The van der Waals surface area contributed by atoms with Gasteiger partial charge < -0.3 is 5.32 Å². The van der Waals surface area contributed by atoms with Crippen LogP contribution in [0.4, 0.5) is 4.39 Å². The van der Waals surface area contributed by atoms with E-state index in [9.17, 15) is 4.39 Å². The topological polar surface area (TPSA) is 15.3 Å². The van der Waals surface area contributed by atoms with Crippen LogP contribution in [0.2, 0.25) is 5.02 Å². The Labute approximate surface area is 126 Å². The van der Waals surface area contributed by atoms with E-state index in [1.165, 1.54) is 18.9 Å². The second kappa shape index (κ2) is 7.39. The Hall–Kier alpha value is -0.640. The van der Waals surface area contributed by atoms with Gasteiger partial charge in [-0.05, 0) is 50.1 Å². The zero-order chi connectivity index (χ0) is 14.5. The molecule has 20 heavy (non-hydrogen) atoms. The number of halogens is 2. The Morgan fingerprint density at radius 2 is 2.25 bits per heavy atom. The molecule has 2 rings (SSSR count). The second-order valence-electron chi connectivity index (χ2n) is 5.74. The minimum Gasteiger partial charge on any atom is -0.313 e. The summed E-state index contributed by atoms with van der Waals surface area (Å²) in [6.07, 6.45) is 3.48. The minimum absolute atomic E-state index is 0.213. The van der Waals surface area contributed by atoms with Gasteiger partial charge in [-0.1, -0.05) is 24.9 Å². The van der Waals surface area contributed by atoms with Crippen LogP contribution in [0.1, 0.15) is 38.7 Å². The van der Waals surface area contributed by atoms with E-state index in [2.05, 4.69) is 24.1 Å². The van der Waals surface area contributed by atoms with E-state index in [4.69, 9.17) is 11.6 Å². The molecule has 0 aromatic heterocycles. The SMILES string of the molecule is CCCC1CN(Cc2cc(F)ccc2Cl)C(C)CCN1. The minimum atomic E-state index is -0.213. The maximum absolute atomic E-state index is 13.4. The van der Waals surface area contributed by atoms with Gasteiger partial charge in [0.05, 0.1) is 0 Å². The number of hydrogen-bond acceptors (Lipinski definition) is 2. The molecule has 0 spiro atoms. The molecule has 0 bridgehead atoms. The molecule has 1 aliphatic heterocycles. The van der Waals surface area contributed by atoms with Crippen LogP contribution in [0.3, 0.4) is 0 Å². The zero-order valence-electron chi connectivity index (χ0n) is 12.3. The summed E-state index contributed by atoms with van der Waals surface area (Å²) in [5.41, 5.74) is 0.885. The monoisotopic (exact) mass is 298 g/mol. The van der Waals surface area contributed by atoms with Gasteiger partial charge in [-0.15, -0.1) is 0 Å². The van der Waals surface area contributed by atoms with Crippen molar-refractivity contribution in [2.24, 2.45) is 0 Å². The highest BCUT2D eigenvalue weighted by Crippen LogP contribution is 2.22. The zero-order valence-corrected chi connectivity index (χ0v) is 13.1. The molecule has 1 saturated heterocycles. The molecule has 0 amide bonds. The van der Waals surface area contributed by atoms with Crippen molar-refractivity contribution >= 4 is 11.6 Å². The van der Waals surface area contributed by atoms with Crippen LogP contribution in [0.15, 0.2) is 18.2 Å². The molecule has 1 aromatic rings. The van der Waals surface area contributed by atoms with E-state index < -0.39 is 0 Å². The molecule has 2 atom stereocenters. The molecule has 4 heteroatoms. The van der Waals surface area contributed by atoms with Crippen molar-refractivity contribution in [3.8, 4) is 0 Å². The molecule has 1 aromatic carbocycles. The number of rotatable bonds is 4. The van der Waals surface area contributed by atoms with Crippen molar-refractivity contribution in [3.63, 3.8) is 0 Å². The fourth-order valence-corrected chi connectivity index (χ4v) is 3.03. The van der Waals surface area contributed by atoms with Crippen molar-refractivity contribution in [2.45, 2.75) is 51.7 Å². The third-order valence-corrected chi connectivity index (χ3v) is 4.46. The first kappa shape index (κ1) is 15.7. The van der Waals surface area contributed by atoms with Crippen LogP contribution in [0.25, 0.3) is 0 Å². The summed E-state index contributed by atoms with van der Waals surface area (Å²) in [5, 5.41) is 4.26. The molecule has 0 aliphatic carbocycles. The summed E-state index contributed by atoms with van der Waals surface area (Å²) in [6, 6.07) is 5.64. The first-order chi connectivity index (χ1) is 9.60. The van der Waals surface area contributed by atoms with E-state index in [0.717, 1.165) is 31.6 Å². The normalized spacial score (nSPS) is 24.6. The Morgan fingerprint density at radius 3 is 3.00 bits per heavy atom. The van der Waals surface area contributed by atoms with Gasteiger partial charge in [-0.25, -0.2) is 4.39 Å². The summed E-state index contributed by atoms with van der Waals surface area (Å²) in [4.78, 5) is 2.42. The van der Waals surface area contributed by atoms with Crippen LogP contribution >= 0.6 is 11.6 Å². The van der Waals surface area contributed by atoms with E-state index in [1.807, 2.05) is 0 Å². The molecule has 1 N–H and O–H groups in total. The first-order valence-corrected chi connectivity index (χ1v) is 7.89. The lowest BCUT2D eigenvalue weighted by Crippen LogP contribution is -2.39. The molecule has 0 saturated carbocycles. The maximum atomic E-state index is 13.4. The molecule has 0 radical (unpaired) electrons. The fourth-order valence-electron chi connectivity index (χ4n) is 2.85. The van der Waals surface area contributed by atoms with Crippen molar-refractivity contribution in [2.75, 3.05) is 13.1 Å². The molecule has 1 fully saturated rings. The number of benzene rings is 1. The molecule has 1 aliphatic rings. The van der Waals surface area contributed by atoms with Crippen LogP contribution < -0.4 is 5.32 Å². The van der Waals surface area contributed by atoms with Crippen LogP contribution in [-0.2, 0) is 6.54 Å². The van der Waals surface area contributed by atoms with Gasteiger partial charge in [0, 0.05) is 30.2 Å². The van der Waals surface area contributed by atoms with Gasteiger partial charge >= 0.3 is 0 Å². The quantitative estimate of drug-likeness (QED) is 0.909. The van der Waals surface area contributed by atoms with E-state index in [-0.39, 0.29) is 5.82 Å². The molecule has 1 heterocycles. The lowest BCUT2D eigenvalue weighted by Gasteiger charge is -2.29. The lowest BCUT2D eigenvalue weighted by molar-refractivity contribution is 0.193. The standard InChI is InChI=1S/C16H24ClFN2/c1-3-4-15-11-20(12(2)7-8-19-15)10-13-9-14(18)5-6-16(13)17/h5-6,9,12,15,19H,3-4,7-8,10-11H2,1-2H3. The predicted octanol–water partition coefficient (Wildman–Crippen LogP) is 3.83. The highest BCUT2D eigenvalue weighted by molar-refractivity contribution is 6.31. The largest absolute Gasteiger partial charge is 0.313 e. The van der Waals surface area contributed by atoms with Gasteiger partial charge in [0.15, 0.2) is 0 Å². The smallest absolute Gasteiger partial charge is 0.123 e. The van der Waals surface area contributed by atoms with E-state index in [0.29, 0.717) is 17.1 Å². The van der Waals surface area contributed by atoms with Gasteiger partial charge in [0.1, 0.15) is 5.82 Å². The number of hydrogen-bond donors (Lipinski definition) is 1. The fraction of sp³-hybridized carbons (Fsp3) is 0.625. The summed E-state index contributed by atoms with van der Waals surface area (Å²) in [7, 11) is 0. The summed E-state index contributed by atoms with van der Waals surface area (Å²) in [5.74, 6) is -0.213. The van der Waals surface area contributed by atoms with Gasteiger partial charge in [0.2, 0.25) is 0 Å². The van der Waals surface area contributed by atoms with Gasteiger partial charge in [-0.2, -0.15) is 0 Å². The molecule has 2 nitrogen and oxygen atoms in total. The summed E-state index contributed by atoms with van der Waals surface area (Å²) < 4.78 is 13.4. The number of nitrogens with one attached hydrogen (secondary N) is 1. The highest BCUT2D eigenvalue weighted by atomic mass is 35.5. The highest BCUT2D eigenvalue weighted by Gasteiger charge is 2.23. The predicted molar refractivity (Wildman–Crippen MR) is 82.6 cm³/mol. The number of nitrogens with zero attached hydrogens (tertiary/aromatic N) is 1. The van der Waals surface area contributed by atoms with Crippen LogP contribution in [0, 0.1) is 5.82 Å². The second-order valence-corrected chi connectivity index (χ2v) is 6.15. The Bertz CT molecular complexity index is 438. The van der Waals surface area contributed by atoms with Crippen molar-refractivity contribution < 1.29 is 4.39 Å². The Balaban J connectivity index is 2.09. The molecular formula is C16H24ClFN2. The van der Waals surface area contributed by atoms with Crippen molar-refractivity contribution in [1.29, 1.82) is 0 Å². The maximum Gasteiger partial charge on any atom is 0.123 e. The molecular weight excluding hydrogens is 275 g/mol. The average Bonchev–Trinajstić information content (AvgIpc) is 2.57. The van der Waals surface area contributed by atoms with E-state index >= 15 is 0 Å². The average molecular weight is 299 g/mol. The molecule has 112 valence electrons. The third-order valence-electron chi connectivity index (χ3n) is 4.09. The molecule has 2 unspecified atom stereocenters. The Morgan fingerprint density at radius 1 is 1.45 bits per heavy atom. The van der Waals surface area contributed by atoms with E-state index in [1.54, 1.807) is 12.1 Å². The summed E-state index contributed by atoms with van der Waals surface area (Å²) in [6.45, 7) is 7.23. The van der Waals surface area contributed by atoms with Crippen molar-refractivity contribution in [1.82, 2.24) is 10.2 Å². The van der Waals surface area contributed by atoms with Gasteiger partial charge in [0.25, 0.3) is 0 Å². The first-order valence-electron chi connectivity index (χ1n) is 7.51. The third kappa shape index (κ3) is 4.18. The van der Waals surface area contributed by atoms with Crippen LogP contribution in [0.5, 0.6) is 0 Å².